The van der Waals surface area contributed by atoms with Gasteiger partial charge in [0, 0.05) is 17.7 Å². The summed E-state index contributed by atoms with van der Waals surface area (Å²) in [5, 5.41) is 3.97. The molecule has 0 N–H and O–H groups in total. The highest BCUT2D eigenvalue weighted by Crippen LogP contribution is 2.35. The van der Waals surface area contributed by atoms with E-state index in [0.717, 1.165) is 6.42 Å². The number of aryl methyl sites for hydroxylation is 1. The SMILES string of the molecule is CC(C)CCc1c(-c2c(F)cc(F)cc2F)c(Cl)nc2ncnn12. The molecule has 3 rings (SSSR count). The molecule has 0 bridgehead atoms. The molecule has 24 heavy (non-hydrogen) atoms. The van der Waals surface area contributed by atoms with E-state index in [4.69, 9.17) is 11.6 Å². The summed E-state index contributed by atoms with van der Waals surface area (Å²) in [6.07, 6.45) is 2.50. The molecule has 1 aromatic carbocycles. The Morgan fingerprint density at radius 3 is 2.42 bits per heavy atom. The van der Waals surface area contributed by atoms with Gasteiger partial charge in [-0.3, -0.25) is 0 Å². The molecule has 0 spiro atoms. The quantitative estimate of drug-likeness (QED) is 0.650. The van der Waals surface area contributed by atoms with E-state index in [-0.39, 0.29) is 16.5 Å². The third kappa shape index (κ3) is 2.96. The van der Waals surface area contributed by atoms with Crippen molar-refractivity contribution in [3.05, 3.63) is 46.8 Å². The summed E-state index contributed by atoms with van der Waals surface area (Å²) in [5.74, 6) is -2.48. The first kappa shape index (κ1) is 16.7. The average Bonchev–Trinajstić information content (AvgIpc) is 2.93. The van der Waals surface area contributed by atoms with Crippen molar-refractivity contribution in [2.75, 3.05) is 0 Å². The van der Waals surface area contributed by atoms with Crippen LogP contribution in [0.3, 0.4) is 0 Å². The standard InChI is InChI=1S/C16H14ClF3N4/c1-8(2)3-4-12-14(13-10(19)5-9(18)6-11(13)20)15(17)23-16-21-7-22-24(12)16/h5-8H,3-4H2,1-2H3. The maximum atomic E-state index is 14.3. The van der Waals surface area contributed by atoms with Crippen LogP contribution in [0.4, 0.5) is 13.2 Å². The van der Waals surface area contributed by atoms with Crippen molar-refractivity contribution in [3.8, 4) is 11.1 Å². The number of aromatic nitrogens is 4. The highest BCUT2D eigenvalue weighted by molar-refractivity contribution is 6.32. The normalized spacial score (nSPS) is 11.6. The van der Waals surface area contributed by atoms with E-state index in [2.05, 4.69) is 15.1 Å². The van der Waals surface area contributed by atoms with Crippen LogP contribution in [0.25, 0.3) is 16.9 Å². The molecule has 0 saturated heterocycles. The lowest BCUT2D eigenvalue weighted by Gasteiger charge is -2.15. The number of nitrogens with zero attached hydrogens (tertiary/aromatic N) is 4. The molecule has 0 atom stereocenters. The second-order valence-electron chi connectivity index (χ2n) is 5.87. The van der Waals surface area contributed by atoms with Gasteiger partial charge in [0.15, 0.2) is 0 Å². The minimum Gasteiger partial charge on any atom is -0.207 e. The fourth-order valence-electron chi connectivity index (χ4n) is 2.56. The Hall–Kier alpha value is -2.15. The van der Waals surface area contributed by atoms with Gasteiger partial charge in [0.05, 0.1) is 11.3 Å². The molecule has 8 heteroatoms. The smallest absolute Gasteiger partial charge is 0.207 e. The highest BCUT2D eigenvalue weighted by atomic mass is 35.5. The fourth-order valence-corrected chi connectivity index (χ4v) is 2.83. The van der Waals surface area contributed by atoms with Crippen LogP contribution in [-0.4, -0.2) is 19.6 Å². The summed E-state index contributed by atoms with van der Waals surface area (Å²) in [4.78, 5) is 8.00. The van der Waals surface area contributed by atoms with E-state index in [9.17, 15) is 13.2 Å². The van der Waals surface area contributed by atoms with E-state index in [1.165, 1.54) is 10.8 Å². The van der Waals surface area contributed by atoms with Gasteiger partial charge in [0.1, 0.15) is 28.9 Å². The zero-order chi connectivity index (χ0) is 17.4. The Bertz CT molecular complexity index is 885. The Labute approximate surface area is 141 Å². The monoisotopic (exact) mass is 354 g/mol. The van der Waals surface area contributed by atoms with E-state index in [1.54, 1.807) is 0 Å². The first-order valence-corrected chi connectivity index (χ1v) is 7.79. The van der Waals surface area contributed by atoms with Crippen molar-refractivity contribution in [3.63, 3.8) is 0 Å². The minimum atomic E-state index is -1.04. The molecule has 0 saturated carbocycles. The topological polar surface area (TPSA) is 43.1 Å². The molecule has 0 aliphatic rings. The summed E-state index contributed by atoms with van der Waals surface area (Å²) in [6.45, 7) is 4.06. The highest BCUT2D eigenvalue weighted by Gasteiger charge is 2.23. The van der Waals surface area contributed by atoms with Crippen LogP contribution in [0, 0.1) is 23.4 Å². The van der Waals surface area contributed by atoms with Gasteiger partial charge in [-0.25, -0.2) is 17.7 Å². The maximum Gasteiger partial charge on any atom is 0.253 e. The first-order chi connectivity index (χ1) is 11.4. The lowest BCUT2D eigenvalue weighted by atomic mass is 9.98. The molecule has 0 fully saturated rings. The first-order valence-electron chi connectivity index (χ1n) is 7.41. The van der Waals surface area contributed by atoms with Gasteiger partial charge in [0.25, 0.3) is 5.78 Å². The van der Waals surface area contributed by atoms with Crippen LogP contribution in [0.5, 0.6) is 0 Å². The zero-order valence-corrected chi connectivity index (χ0v) is 13.8. The lowest BCUT2D eigenvalue weighted by molar-refractivity contribution is 0.546. The summed E-state index contributed by atoms with van der Waals surface area (Å²) >= 11 is 6.18. The molecule has 126 valence electrons. The van der Waals surface area contributed by atoms with Crippen molar-refractivity contribution in [2.24, 2.45) is 5.92 Å². The van der Waals surface area contributed by atoms with E-state index >= 15 is 0 Å². The predicted octanol–water partition coefficient (Wildman–Crippen LogP) is 4.45. The Morgan fingerprint density at radius 1 is 1.12 bits per heavy atom. The van der Waals surface area contributed by atoms with Crippen LogP contribution in [0.15, 0.2) is 18.5 Å². The van der Waals surface area contributed by atoms with Gasteiger partial charge in [-0.05, 0) is 18.8 Å². The molecule has 3 aromatic rings. The minimum absolute atomic E-state index is 0.0744. The zero-order valence-electron chi connectivity index (χ0n) is 13.0. The van der Waals surface area contributed by atoms with Crippen molar-refractivity contribution in [2.45, 2.75) is 26.7 Å². The second kappa shape index (κ2) is 6.39. The number of benzene rings is 1. The third-order valence-electron chi connectivity index (χ3n) is 3.69. The molecular weight excluding hydrogens is 341 g/mol. The van der Waals surface area contributed by atoms with E-state index in [1.807, 2.05) is 13.8 Å². The van der Waals surface area contributed by atoms with Crippen molar-refractivity contribution in [1.82, 2.24) is 19.6 Å². The summed E-state index contributed by atoms with van der Waals surface area (Å²) in [7, 11) is 0. The summed E-state index contributed by atoms with van der Waals surface area (Å²) in [6, 6.07) is 1.24. The van der Waals surface area contributed by atoms with Gasteiger partial charge in [-0.15, -0.1) is 0 Å². The van der Waals surface area contributed by atoms with Crippen molar-refractivity contribution < 1.29 is 13.2 Å². The predicted molar refractivity (Wildman–Crippen MR) is 84.3 cm³/mol. The van der Waals surface area contributed by atoms with Gasteiger partial charge >= 0.3 is 0 Å². The average molecular weight is 355 g/mol. The van der Waals surface area contributed by atoms with Gasteiger partial charge < -0.3 is 0 Å². The Kier molecular flexibility index (Phi) is 4.45. The van der Waals surface area contributed by atoms with Crippen LogP contribution in [-0.2, 0) is 6.42 Å². The molecule has 0 unspecified atom stereocenters. The van der Waals surface area contributed by atoms with E-state index < -0.39 is 23.0 Å². The second-order valence-corrected chi connectivity index (χ2v) is 6.23. The van der Waals surface area contributed by atoms with Crippen LogP contribution in [0.1, 0.15) is 26.0 Å². The lowest BCUT2D eigenvalue weighted by Crippen LogP contribution is -2.08. The Balaban J connectivity index is 2.30. The number of hydrogen-bond donors (Lipinski definition) is 0. The number of rotatable bonds is 4. The largest absolute Gasteiger partial charge is 0.253 e. The third-order valence-corrected chi connectivity index (χ3v) is 3.97. The Morgan fingerprint density at radius 2 is 1.79 bits per heavy atom. The molecule has 0 amide bonds. The molecule has 0 aliphatic heterocycles. The molecule has 2 heterocycles. The van der Waals surface area contributed by atoms with Gasteiger partial charge in [-0.2, -0.15) is 15.1 Å². The van der Waals surface area contributed by atoms with Gasteiger partial charge in [0.2, 0.25) is 0 Å². The molecule has 2 aromatic heterocycles. The number of hydrogen-bond acceptors (Lipinski definition) is 3. The fraction of sp³-hybridized carbons (Fsp3) is 0.312. The van der Waals surface area contributed by atoms with Crippen LogP contribution >= 0.6 is 11.6 Å². The van der Waals surface area contributed by atoms with Crippen LogP contribution in [0.2, 0.25) is 5.15 Å². The van der Waals surface area contributed by atoms with Crippen molar-refractivity contribution >= 4 is 17.4 Å². The van der Waals surface area contributed by atoms with Gasteiger partial charge in [-0.1, -0.05) is 25.4 Å². The number of fused-ring (bicyclic) bond motifs is 1. The molecule has 0 radical (unpaired) electrons. The molecule has 0 aliphatic carbocycles. The maximum absolute atomic E-state index is 14.3. The number of halogens is 4. The van der Waals surface area contributed by atoms with Crippen molar-refractivity contribution in [1.29, 1.82) is 0 Å². The summed E-state index contributed by atoms with van der Waals surface area (Å²) in [5.41, 5.74) is 0.149. The van der Waals surface area contributed by atoms with E-state index in [0.29, 0.717) is 30.2 Å². The summed E-state index contributed by atoms with van der Waals surface area (Å²) < 4.78 is 43.2. The van der Waals surface area contributed by atoms with Crippen LogP contribution < -0.4 is 0 Å². The molecular formula is C16H14ClF3N4. The molecule has 4 nitrogen and oxygen atoms in total.